The molecular formula is C25H34Cl2O3. The van der Waals surface area contributed by atoms with E-state index in [2.05, 4.69) is 19.9 Å². The number of allylic oxidation sites excluding steroid dienone is 1. The monoisotopic (exact) mass is 452 g/mol. The van der Waals surface area contributed by atoms with Crippen molar-refractivity contribution in [2.24, 2.45) is 40.4 Å². The average molecular weight is 453 g/mol. The molecule has 0 N–H and O–H groups in total. The van der Waals surface area contributed by atoms with Crippen LogP contribution in [0.1, 0.15) is 79.1 Å². The van der Waals surface area contributed by atoms with Crippen LogP contribution in [0.25, 0.3) is 0 Å². The summed E-state index contributed by atoms with van der Waals surface area (Å²) in [5, 5.41) is 0. The molecule has 4 saturated carbocycles. The molecule has 0 heterocycles. The summed E-state index contributed by atoms with van der Waals surface area (Å²) in [6.07, 6.45) is 10.0. The number of carbonyl (C=O) groups excluding carboxylic acids is 2. The zero-order valence-corrected chi connectivity index (χ0v) is 20.1. The van der Waals surface area contributed by atoms with E-state index in [-0.39, 0.29) is 28.6 Å². The Hall–Kier alpha value is -0.540. The van der Waals surface area contributed by atoms with Gasteiger partial charge < -0.3 is 4.74 Å². The van der Waals surface area contributed by atoms with Crippen LogP contribution < -0.4 is 0 Å². The Kier molecular flexibility index (Phi) is 4.62. The minimum Gasteiger partial charge on any atom is -0.455 e. The molecule has 5 aliphatic carbocycles. The van der Waals surface area contributed by atoms with Gasteiger partial charge in [0.1, 0.15) is 5.78 Å². The van der Waals surface area contributed by atoms with Gasteiger partial charge in [-0.1, -0.05) is 55.6 Å². The molecule has 5 heteroatoms. The van der Waals surface area contributed by atoms with E-state index in [0.717, 1.165) is 32.1 Å². The second-order valence-electron chi connectivity index (χ2n) is 11.2. The molecule has 30 heavy (non-hydrogen) atoms. The van der Waals surface area contributed by atoms with Crippen molar-refractivity contribution in [1.29, 1.82) is 0 Å². The van der Waals surface area contributed by atoms with E-state index in [1.54, 1.807) is 6.92 Å². The molecule has 4 fully saturated rings. The number of hydrogen-bond donors (Lipinski definition) is 0. The van der Waals surface area contributed by atoms with Crippen molar-refractivity contribution in [2.45, 2.75) is 89.0 Å². The van der Waals surface area contributed by atoms with Crippen LogP contribution in [0, 0.1) is 40.4 Å². The topological polar surface area (TPSA) is 43.4 Å². The molecule has 0 spiro atoms. The maximum absolute atomic E-state index is 12.3. The van der Waals surface area contributed by atoms with Crippen LogP contribution in [0.2, 0.25) is 0 Å². The third kappa shape index (κ3) is 2.46. The molecule has 166 valence electrons. The minimum absolute atomic E-state index is 0.0663. The molecule has 0 aromatic carbocycles. The van der Waals surface area contributed by atoms with E-state index in [9.17, 15) is 9.59 Å². The van der Waals surface area contributed by atoms with Crippen LogP contribution in [0.3, 0.4) is 0 Å². The molecule has 0 aromatic rings. The quantitative estimate of drug-likeness (QED) is 0.288. The fourth-order valence-corrected chi connectivity index (χ4v) is 9.62. The molecule has 3 nitrogen and oxygen atoms in total. The van der Waals surface area contributed by atoms with E-state index in [1.165, 1.54) is 18.4 Å². The van der Waals surface area contributed by atoms with E-state index in [4.69, 9.17) is 27.9 Å². The number of Topliss-reactive ketones (excluding diaryl/α,β-unsaturated/α-hetero) is 1. The van der Waals surface area contributed by atoms with Crippen molar-refractivity contribution in [3.05, 3.63) is 11.6 Å². The highest BCUT2D eigenvalue weighted by Crippen LogP contribution is 2.78. The first kappa shape index (κ1) is 21.3. The number of hydrogen-bond acceptors (Lipinski definition) is 3. The molecule has 5 aliphatic rings. The standard InChI is InChI=1S/C25H34Cl2O3/c1-5-20(29)30-24-13-12-23(4)18-10-11-22(3)16(14(2)28)8-9-17(22)15(18)6-7-19(23)21(24)25(24,26)27/h7,15-18,21H,5-6,8-13H2,1-4H3/t15-,16+,17-,18-,21-,22+,23+,24-/m0/s1. The highest BCUT2D eigenvalue weighted by atomic mass is 35.5. The minimum atomic E-state index is -1.01. The molecular weight excluding hydrogens is 419 g/mol. The fraction of sp³-hybridized carbons (Fsp3) is 0.840. The van der Waals surface area contributed by atoms with Crippen LogP contribution in [-0.4, -0.2) is 21.7 Å². The van der Waals surface area contributed by atoms with Crippen molar-refractivity contribution in [1.82, 2.24) is 0 Å². The second-order valence-corrected chi connectivity index (χ2v) is 12.6. The predicted molar refractivity (Wildman–Crippen MR) is 118 cm³/mol. The normalized spacial score (nSPS) is 50.3. The maximum Gasteiger partial charge on any atom is 0.306 e. The molecule has 0 bridgehead atoms. The summed E-state index contributed by atoms with van der Waals surface area (Å²) in [6, 6.07) is 0. The Morgan fingerprint density at radius 1 is 1.10 bits per heavy atom. The largest absolute Gasteiger partial charge is 0.455 e. The predicted octanol–water partition coefficient (Wildman–Crippen LogP) is 6.26. The van der Waals surface area contributed by atoms with Crippen LogP contribution in [0.4, 0.5) is 0 Å². The first-order chi connectivity index (χ1) is 14.0. The van der Waals surface area contributed by atoms with Gasteiger partial charge in [-0.25, -0.2) is 0 Å². The van der Waals surface area contributed by atoms with Crippen molar-refractivity contribution in [2.75, 3.05) is 0 Å². The molecule has 0 saturated heterocycles. The van der Waals surface area contributed by atoms with E-state index < -0.39 is 9.93 Å². The summed E-state index contributed by atoms with van der Waals surface area (Å²) >= 11 is 13.6. The lowest BCUT2D eigenvalue weighted by Gasteiger charge is -2.57. The van der Waals surface area contributed by atoms with Gasteiger partial charge in [0.25, 0.3) is 0 Å². The number of ether oxygens (including phenoxy) is 1. The van der Waals surface area contributed by atoms with Crippen LogP contribution in [0.5, 0.6) is 0 Å². The van der Waals surface area contributed by atoms with Crippen molar-refractivity contribution in [3.63, 3.8) is 0 Å². The fourth-order valence-electron chi connectivity index (χ4n) is 8.65. The van der Waals surface area contributed by atoms with Crippen molar-refractivity contribution < 1.29 is 14.3 Å². The highest BCUT2D eigenvalue weighted by Gasteiger charge is 2.83. The van der Waals surface area contributed by atoms with Gasteiger partial charge in [-0.2, -0.15) is 0 Å². The van der Waals surface area contributed by atoms with Crippen LogP contribution >= 0.6 is 23.2 Å². The van der Waals surface area contributed by atoms with Gasteiger partial charge >= 0.3 is 5.97 Å². The Morgan fingerprint density at radius 2 is 1.83 bits per heavy atom. The number of rotatable bonds is 3. The third-order valence-electron chi connectivity index (χ3n) is 10.2. The number of carbonyl (C=O) groups is 2. The molecule has 5 rings (SSSR count). The van der Waals surface area contributed by atoms with Gasteiger partial charge in [-0.3, -0.25) is 9.59 Å². The lowest BCUT2D eigenvalue weighted by molar-refractivity contribution is -0.154. The molecule has 0 amide bonds. The number of fused-ring (bicyclic) bond motifs is 7. The summed E-state index contributed by atoms with van der Waals surface area (Å²) in [5.41, 5.74) is 0.828. The molecule has 8 atom stereocenters. The Bertz CT molecular complexity index is 834. The third-order valence-corrected chi connectivity index (χ3v) is 11.3. The smallest absolute Gasteiger partial charge is 0.306 e. The summed E-state index contributed by atoms with van der Waals surface area (Å²) in [6.45, 7) is 8.39. The zero-order valence-electron chi connectivity index (χ0n) is 18.6. The van der Waals surface area contributed by atoms with Crippen LogP contribution in [-0.2, 0) is 14.3 Å². The number of esters is 1. The zero-order chi connectivity index (χ0) is 21.7. The first-order valence-electron chi connectivity index (χ1n) is 11.8. The first-order valence-corrected chi connectivity index (χ1v) is 12.6. The van der Waals surface area contributed by atoms with Gasteiger partial charge in [-0.05, 0) is 80.5 Å². The summed E-state index contributed by atoms with van der Waals surface area (Å²) < 4.78 is 4.88. The molecule has 0 aromatic heterocycles. The number of alkyl halides is 2. The lowest BCUT2D eigenvalue weighted by atomic mass is 9.47. The SMILES string of the molecule is CCC(=O)O[C@@]12CC[C@@]3(C)C(=CC[C@H]4[C@@H]5CC[C@H](C(C)=O)[C@@]5(C)CC[C@@H]43)[C@@H]1C2(Cl)Cl. The maximum atomic E-state index is 12.3. The molecule has 0 aliphatic heterocycles. The summed E-state index contributed by atoms with van der Waals surface area (Å²) in [4.78, 5) is 24.5. The Labute approximate surface area is 190 Å². The lowest BCUT2D eigenvalue weighted by Crippen LogP contribution is -2.51. The van der Waals surface area contributed by atoms with Gasteiger partial charge in [0.2, 0.25) is 0 Å². The van der Waals surface area contributed by atoms with Crippen molar-refractivity contribution >= 4 is 35.0 Å². The Morgan fingerprint density at radius 3 is 2.50 bits per heavy atom. The second kappa shape index (κ2) is 6.50. The van der Waals surface area contributed by atoms with E-state index >= 15 is 0 Å². The Balaban J connectivity index is 1.47. The number of halogens is 2. The summed E-state index contributed by atoms with van der Waals surface area (Å²) in [5.74, 6) is 2.18. The van der Waals surface area contributed by atoms with E-state index in [0.29, 0.717) is 30.0 Å². The average Bonchev–Trinajstić information content (AvgIpc) is 2.97. The molecule has 0 radical (unpaired) electrons. The van der Waals surface area contributed by atoms with E-state index in [1.807, 2.05) is 6.92 Å². The molecule has 0 unspecified atom stereocenters. The highest BCUT2D eigenvalue weighted by molar-refractivity contribution is 6.53. The van der Waals surface area contributed by atoms with Gasteiger partial charge in [0, 0.05) is 12.3 Å². The van der Waals surface area contributed by atoms with Gasteiger partial charge in [-0.15, -0.1) is 0 Å². The number of ketones is 1. The van der Waals surface area contributed by atoms with Crippen molar-refractivity contribution in [3.8, 4) is 0 Å². The van der Waals surface area contributed by atoms with Gasteiger partial charge in [0.15, 0.2) is 9.93 Å². The van der Waals surface area contributed by atoms with Crippen LogP contribution in [0.15, 0.2) is 11.6 Å². The van der Waals surface area contributed by atoms with Gasteiger partial charge in [0.05, 0.1) is 5.92 Å². The summed E-state index contributed by atoms with van der Waals surface area (Å²) in [7, 11) is 0.